The van der Waals surface area contributed by atoms with Crippen molar-refractivity contribution in [3.05, 3.63) is 35.5 Å². The summed E-state index contributed by atoms with van der Waals surface area (Å²) in [6, 6.07) is 3.63. The van der Waals surface area contributed by atoms with Gasteiger partial charge in [-0.05, 0) is 31.3 Å². The van der Waals surface area contributed by atoms with Gasteiger partial charge in [0, 0.05) is 31.6 Å². The third-order valence-electron chi connectivity index (χ3n) is 4.80. The van der Waals surface area contributed by atoms with Crippen molar-refractivity contribution in [2.24, 2.45) is 0 Å². The van der Waals surface area contributed by atoms with E-state index in [1.165, 1.54) is 6.07 Å². The fraction of sp³-hybridized carbons (Fsp3) is 0.412. The number of benzene rings is 1. The summed E-state index contributed by atoms with van der Waals surface area (Å²) in [6.07, 6.45) is -9.34. The highest BCUT2D eigenvalue weighted by atomic mass is 19.4. The van der Waals surface area contributed by atoms with Gasteiger partial charge in [-0.1, -0.05) is 0 Å². The van der Waals surface area contributed by atoms with Crippen LogP contribution in [-0.2, 0) is 12.4 Å². The van der Waals surface area contributed by atoms with E-state index >= 15 is 0 Å². The Kier molecular flexibility index (Phi) is 4.18. The Morgan fingerprint density at radius 2 is 1.57 bits per heavy atom. The highest BCUT2D eigenvalue weighted by molar-refractivity contribution is 5.95. The summed E-state index contributed by atoms with van der Waals surface area (Å²) in [5.41, 5.74) is -2.00. The van der Waals surface area contributed by atoms with E-state index in [9.17, 15) is 26.3 Å². The van der Waals surface area contributed by atoms with Crippen LogP contribution in [0.4, 0.5) is 32.3 Å². The second-order valence-corrected chi connectivity index (χ2v) is 6.76. The standard InChI is InChI=1S/C17H15F6N5/c1-26-4-6-27(7-5-26)15-24-12-3-2-10(16(18,19)20)8-11(12)13-9-14(17(21,22)23)25-28(13)15/h2-3,8-9H,4-7H2,1H3. The lowest BCUT2D eigenvalue weighted by Crippen LogP contribution is -2.45. The van der Waals surface area contributed by atoms with Gasteiger partial charge in [-0.25, -0.2) is 4.98 Å². The van der Waals surface area contributed by atoms with E-state index in [0.717, 1.165) is 22.7 Å². The maximum Gasteiger partial charge on any atom is 0.435 e. The zero-order chi connectivity index (χ0) is 20.3. The third kappa shape index (κ3) is 3.23. The Morgan fingerprint density at radius 3 is 2.18 bits per heavy atom. The number of anilines is 1. The zero-order valence-electron chi connectivity index (χ0n) is 14.6. The fourth-order valence-corrected chi connectivity index (χ4v) is 3.25. The molecule has 1 aromatic carbocycles. The van der Waals surface area contributed by atoms with E-state index in [1.807, 2.05) is 7.05 Å². The van der Waals surface area contributed by atoms with Gasteiger partial charge in [-0.3, -0.25) is 0 Å². The van der Waals surface area contributed by atoms with Crippen LogP contribution in [-0.4, -0.2) is 52.7 Å². The van der Waals surface area contributed by atoms with Gasteiger partial charge < -0.3 is 9.80 Å². The summed E-state index contributed by atoms with van der Waals surface area (Å²) in [5.74, 6) is 0.186. The SMILES string of the molecule is CN1CCN(c2nc3ccc(C(F)(F)F)cc3c3cc(C(F)(F)F)nn23)CC1. The molecule has 1 fully saturated rings. The molecule has 1 aliphatic heterocycles. The summed E-state index contributed by atoms with van der Waals surface area (Å²) < 4.78 is 79.9. The molecule has 1 saturated heterocycles. The lowest BCUT2D eigenvalue weighted by Gasteiger charge is -2.33. The molecule has 1 aliphatic rings. The molecule has 0 atom stereocenters. The molecule has 0 N–H and O–H groups in total. The van der Waals surface area contributed by atoms with Crippen molar-refractivity contribution in [3.63, 3.8) is 0 Å². The minimum absolute atomic E-state index is 0.0318. The van der Waals surface area contributed by atoms with Crippen molar-refractivity contribution in [1.29, 1.82) is 0 Å². The van der Waals surface area contributed by atoms with Gasteiger partial charge in [-0.2, -0.15) is 36.0 Å². The molecule has 0 aliphatic carbocycles. The fourth-order valence-electron chi connectivity index (χ4n) is 3.25. The molecule has 4 rings (SSSR count). The van der Waals surface area contributed by atoms with Crippen molar-refractivity contribution >= 4 is 22.4 Å². The van der Waals surface area contributed by atoms with E-state index in [-0.39, 0.29) is 22.4 Å². The summed E-state index contributed by atoms with van der Waals surface area (Å²) in [6.45, 7) is 2.40. The van der Waals surface area contributed by atoms with Gasteiger partial charge in [0.25, 0.3) is 0 Å². The second-order valence-electron chi connectivity index (χ2n) is 6.76. The van der Waals surface area contributed by atoms with Crippen LogP contribution in [0, 0.1) is 0 Å². The number of piperazine rings is 1. The Labute approximate surface area is 155 Å². The monoisotopic (exact) mass is 403 g/mol. The maximum atomic E-state index is 13.2. The molecule has 2 aromatic heterocycles. The molecule has 0 amide bonds. The van der Waals surface area contributed by atoms with Crippen molar-refractivity contribution in [2.75, 3.05) is 38.1 Å². The first-order chi connectivity index (χ1) is 13.0. The molecule has 28 heavy (non-hydrogen) atoms. The highest BCUT2D eigenvalue weighted by Crippen LogP contribution is 2.36. The number of nitrogens with zero attached hydrogens (tertiary/aromatic N) is 5. The molecular weight excluding hydrogens is 388 g/mol. The van der Waals surface area contributed by atoms with Gasteiger partial charge in [0.05, 0.1) is 16.6 Å². The van der Waals surface area contributed by atoms with Crippen LogP contribution in [0.3, 0.4) is 0 Å². The van der Waals surface area contributed by atoms with E-state index in [2.05, 4.69) is 15.0 Å². The molecule has 0 radical (unpaired) electrons. The Balaban J connectivity index is 1.97. The van der Waals surface area contributed by atoms with E-state index in [4.69, 9.17) is 0 Å². The number of fused-ring (bicyclic) bond motifs is 3. The molecule has 3 heterocycles. The highest BCUT2D eigenvalue weighted by Gasteiger charge is 2.36. The summed E-state index contributed by atoms with van der Waals surface area (Å²) in [4.78, 5) is 8.20. The first-order valence-electron chi connectivity index (χ1n) is 8.45. The topological polar surface area (TPSA) is 36.7 Å². The van der Waals surface area contributed by atoms with Crippen LogP contribution < -0.4 is 4.90 Å². The second kappa shape index (κ2) is 6.23. The molecular formula is C17H15F6N5. The van der Waals surface area contributed by atoms with Crippen molar-refractivity contribution < 1.29 is 26.3 Å². The van der Waals surface area contributed by atoms with Gasteiger partial charge in [0.1, 0.15) is 0 Å². The number of hydrogen-bond acceptors (Lipinski definition) is 4. The minimum atomic E-state index is -4.72. The van der Waals surface area contributed by atoms with Gasteiger partial charge in [0.15, 0.2) is 5.69 Å². The van der Waals surface area contributed by atoms with Crippen molar-refractivity contribution in [1.82, 2.24) is 19.5 Å². The Morgan fingerprint density at radius 1 is 0.893 bits per heavy atom. The quantitative estimate of drug-likeness (QED) is 0.581. The lowest BCUT2D eigenvalue weighted by molar-refractivity contribution is -0.141. The van der Waals surface area contributed by atoms with E-state index in [0.29, 0.717) is 26.2 Å². The normalized spacial score (nSPS) is 17.0. The first-order valence-corrected chi connectivity index (χ1v) is 8.45. The van der Waals surface area contributed by atoms with Gasteiger partial charge >= 0.3 is 12.4 Å². The first kappa shape index (κ1) is 18.8. The van der Waals surface area contributed by atoms with Crippen LogP contribution in [0.5, 0.6) is 0 Å². The maximum absolute atomic E-state index is 13.2. The summed E-state index contributed by atoms with van der Waals surface area (Å²) in [7, 11) is 1.93. The molecule has 0 unspecified atom stereocenters. The number of likely N-dealkylation sites (N-methyl/N-ethyl adjacent to an activating group) is 1. The van der Waals surface area contributed by atoms with Crippen molar-refractivity contribution in [3.8, 4) is 0 Å². The van der Waals surface area contributed by atoms with E-state index < -0.39 is 23.6 Å². The zero-order valence-corrected chi connectivity index (χ0v) is 14.6. The number of aromatic nitrogens is 3. The Hall–Kier alpha value is -2.56. The number of hydrogen-bond donors (Lipinski definition) is 0. The van der Waals surface area contributed by atoms with Crippen molar-refractivity contribution in [2.45, 2.75) is 12.4 Å². The summed E-state index contributed by atoms with van der Waals surface area (Å²) >= 11 is 0. The van der Waals surface area contributed by atoms with Crippen LogP contribution >= 0.6 is 0 Å². The third-order valence-corrected chi connectivity index (χ3v) is 4.80. The van der Waals surface area contributed by atoms with Crippen LogP contribution in [0.1, 0.15) is 11.3 Å². The lowest BCUT2D eigenvalue weighted by atomic mass is 10.1. The van der Waals surface area contributed by atoms with E-state index in [1.54, 1.807) is 4.90 Å². The predicted octanol–water partition coefficient (Wildman–Crippen LogP) is 3.67. The largest absolute Gasteiger partial charge is 0.435 e. The molecule has 3 aromatic rings. The predicted molar refractivity (Wildman–Crippen MR) is 90.2 cm³/mol. The molecule has 150 valence electrons. The molecule has 0 bridgehead atoms. The van der Waals surface area contributed by atoms with Gasteiger partial charge in [0.2, 0.25) is 5.95 Å². The molecule has 0 spiro atoms. The van der Waals surface area contributed by atoms with Crippen LogP contribution in [0.25, 0.3) is 16.4 Å². The molecule has 0 saturated carbocycles. The molecule has 11 heteroatoms. The number of alkyl halides is 6. The molecule has 5 nitrogen and oxygen atoms in total. The Bertz CT molecular complexity index is 1030. The average molecular weight is 403 g/mol. The average Bonchev–Trinajstić information content (AvgIpc) is 3.06. The van der Waals surface area contributed by atoms with Gasteiger partial charge in [-0.15, -0.1) is 0 Å². The smallest absolute Gasteiger partial charge is 0.338 e. The van der Waals surface area contributed by atoms with Crippen LogP contribution in [0.2, 0.25) is 0 Å². The number of rotatable bonds is 1. The number of halogens is 6. The van der Waals surface area contributed by atoms with Crippen LogP contribution in [0.15, 0.2) is 24.3 Å². The minimum Gasteiger partial charge on any atom is -0.338 e. The summed E-state index contributed by atoms with van der Waals surface area (Å²) in [5, 5.41) is 3.58.